The van der Waals surface area contributed by atoms with Crippen molar-refractivity contribution >= 4 is 14.7 Å². The van der Waals surface area contributed by atoms with E-state index in [1.165, 1.54) is 7.11 Å². The van der Waals surface area contributed by atoms with Gasteiger partial charge in [-0.1, -0.05) is 26.2 Å². The SMILES string of the molecule is CCO[Si](CC)(CCCCCCNC(=O)OC)OCC. The smallest absolute Gasteiger partial charge is 0.406 e. The van der Waals surface area contributed by atoms with E-state index in [4.69, 9.17) is 8.85 Å². The molecule has 0 atom stereocenters. The normalized spacial score (nSPS) is 11.4. The van der Waals surface area contributed by atoms with Crippen molar-refractivity contribution in [2.24, 2.45) is 0 Å². The Labute approximate surface area is 124 Å². The zero-order chi connectivity index (χ0) is 15.3. The Morgan fingerprint density at radius 1 is 1.00 bits per heavy atom. The molecule has 1 N–H and O–H groups in total. The van der Waals surface area contributed by atoms with Gasteiger partial charge in [0.25, 0.3) is 0 Å². The van der Waals surface area contributed by atoms with Gasteiger partial charge in [0.2, 0.25) is 0 Å². The molecule has 0 unspecified atom stereocenters. The molecule has 6 heteroatoms. The number of nitrogens with one attached hydrogen (secondary N) is 1. The van der Waals surface area contributed by atoms with Crippen molar-refractivity contribution in [3.05, 3.63) is 0 Å². The van der Waals surface area contributed by atoms with Crippen LogP contribution in [0.3, 0.4) is 0 Å². The van der Waals surface area contributed by atoms with Gasteiger partial charge in [-0.3, -0.25) is 0 Å². The number of carbonyl (C=O) groups is 1. The highest BCUT2D eigenvalue weighted by Crippen LogP contribution is 2.22. The molecular weight excluding hydrogens is 274 g/mol. The first-order chi connectivity index (χ1) is 9.64. The maximum Gasteiger partial charge on any atom is 0.406 e. The van der Waals surface area contributed by atoms with Crippen molar-refractivity contribution in [3.8, 4) is 0 Å². The average molecular weight is 305 g/mol. The van der Waals surface area contributed by atoms with Gasteiger partial charge in [0.15, 0.2) is 0 Å². The van der Waals surface area contributed by atoms with Crippen LogP contribution in [0.5, 0.6) is 0 Å². The molecule has 0 aliphatic carbocycles. The minimum atomic E-state index is -1.95. The summed E-state index contributed by atoms with van der Waals surface area (Å²) in [6.45, 7) is 8.40. The van der Waals surface area contributed by atoms with Crippen LogP contribution in [0.1, 0.15) is 46.5 Å². The van der Waals surface area contributed by atoms with Gasteiger partial charge in [0, 0.05) is 19.8 Å². The minimum Gasteiger partial charge on any atom is -0.453 e. The summed E-state index contributed by atoms with van der Waals surface area (Å²) >= 11 is 0. The first-order valence-corrected chi connectivity index (χ1v) is 9.96. The van der Waals surface area contributed by atoms with Crippen LogP contribution in [0.15, 0.2) is 0 Å². The Morgan fingerprint density at radius 3 is 2.10 bits per heavy atom. The van der Waals surface area contributed by atoms with Crippen LogP contribution in [0, 0.1) is 0 Å². The lowest BCUT2D eigenvalue weighted by Gasteiger charge is -2.28. The summed E-state index contributed by atoms with van der Waals surface area (Å²) < 4.78 is 16.4. The van der Waals surface area contributed by atoms with Gasteiger partial charge in [-0.15, -0.1) is 0 Å². The standard InChI is InChI=1S/C14H31NO4Si/c1-5-18-20(7-3,19-6-2)13-11-9-8-10-12-15-14(16)17-4/h5-13H2,1-4H3,(H,15,16). The largest absolute Gasteiger partial charge is 0.453 e. The third-order valence-corrected chi connectivity index (χ3v) is 7.11. The maximum atomic E-state index is 10.9. The lowest BCUT2D eigenvalue weighted by atomic mass is 10.2. The monoisotopic (exact) mass is 305 g/mol. The number of rotatable bonds is 12. The molecule has 0 fully saturated rings. The van der Waals surface area contributed by atoms with Crippen LogP contribution < -0.4 is 5.32 Å². The zero-order valence-corrected chi connectivity index (χ0v) is 14.5. The molecule has 120 valence electrons. The number of alkyl carbamates (subject to hydrolysis) is 1. The Bertz CT molecular complexity index is 245. The van der Waals surface area contributed by atoms with Gasteiger partial charge in [0.05, 0.1) is 7.11 Å². The predicted molar refractivity (Wildman–Crippen MR) is 83.2 cm³/mol. The molecule has 0 spiro atoms. The minimum absolute atomic E-state index is 0.352. The number of methoxy groups -OCH3 is 1. The Hall–Kier alpha value is -0.593. The van der Waals surface area contributed by atoms with E-state index < -0.39 is 8.56 Å². The molecule has 5 nitrogen and oxygen atoms in total. The van der Waals surface area contributed by atoms with Gasteiger partial charge in [0.1, 0.15) is 0 Å². The molecule has 0 bridgehead atoms. The highest BCUT2D eigenvalue weighted by molar-refractivity contribution is 6.67. The molecule has 0 radical (unpaired) electrons. The summed E-state index contributed by atoms with van der Waals surface area (Å²) in [5.74, 6) is 0. The van der Waals surface area contributed by atoms with Gasteiger partial charge >= 0.3 is 14.7 Å². The fraction of sp³-hybridized carbons (Fsp3) is 0.929. The summed E-state index contributed by atoms with van der Waals surface area (Å²) in [5.41, 5.74) is 0. The number of hydrogen-bond donors (Lipinski definition) is 1. The summed E-state index contributed by atoms with van der Waals surface area (Å²) in [6, 6.07) is 2.08. The third-order valence-electron chi connectivity index (χ3n) is 3.29. The van der Waals surface area contributed by atoms with Crippen molar-refractivity contribution in [1.29, 1.82) is 0 Å². The molecule has 0 saturated heterocycles. The van der Waals surface area contributed by atoms with Crippen LogP contribution in [-0.4, -0.2) is 41.5 Å². The van der Waals surface area contributed by atoms with Crippen molar-refractivity contribution in [2.75, 3.05) is 26.9 Å². The summed E-state index contributed by atoms with van der Waals surface area (Å²) in [6.07, 6.45) is 4.03. The van der Waals surface area contributed by atoms with Crippen LogP contribution in [-0.2, 0) is 13.6 Å². The molecule has 0 saturated carbocycles. The first kappa shape index (κ1) is 19.4. The lowest BCUT2D eigenvalue weighted by Crippen LogP contribution is -2.41. The molecule has 0 aromatic carbocycles. The quantitative estimate of drug-likeness (QED) is 0.443. The second-order valence-electron chi connectivity index (χ2n) is 4.71. The van der Waals surface area contributed by atoms with Gasteiger partial charge in [-0.05, 0) is 32.4 Å². The predicted octanol–water partition coefficient (Wildman–Crippen LogP) is 3.44. The number of unbranched alkanes of at least 4 members (excludes halogenated alkanes) is 3. The van der Waals surface area contributed by atoms with Crippen molar-refractivity contribution in [2.45, 2.75) is 58.5 Å². The number of ether oxygens (including phenoxy) is 1. The van der Waals surface area contributed by atoms with E-state index in [9.17, 15) is 4.79 Å². The van der Waals surface area contributed by atoms with Gasteiger partial charge in [-0.2, -0.15) is 0 Å². The first-order valence-electron chi connectivity index (χ1n) is 7.73. The van der Waals surface area contributed by atoms with Crippen molar-refractivity contribution < 1.29 is 18.4 Å². The molecule has 0 aromatic rings. The Balaban J connectivity index is 3.75. The molecule has 0 heterocycles. The lowest BCUT2D eigenvalue weighted by molar-refractivity contribution is 0.171. The fourth-order valence-electron chi connectivity index (χ4n) is 2.23. The molecule has 0 aromatic heterocycles. The van der Waals surface area contributed by atoms with E-state index in [1.807, 2.05) is 13.8 Å². The van der Waals surface area contributed by atoms with Gasteiger partial charge in [-0.25, -0.2) is 4.79 Å². The van der Waals surface area contributed by atoms with Crippen LogP contribution in [0.4, 0.5) is 4.79 Å². The van der Waals surface area contributed by atoms with E-state index in [0.29, 0.717) is 6.54 Å². The van der Waals surface area contributed by atoms with Gasteiger partial charge < -0.3 is 18.9 Å². The van der Waals surface area contributed by atoms with Crippen LogP contribution >= 0.6 is 0 Å². The summed E-state index contributed by atoms with van der Waals surface area (Å²) in [5, 5.41) is 2.69. The van der Waals surface area contributed by atoms with E-state index in [-0.39, 0.29) is 6.09 Å². The van der Waals surface area contributed by atoms with E-state index in [0.717, 1.165) is 51.0 Å². The zero-order valence-electron chi connectivity index (χ0n) is 13.5. The second kappa shape index (κ2) is 12.2. The van der Waals surface area contributed by atoms with Crippen LogP contribution in [0.25, 0.3) is 0 Å². The van der Waals surface area contributed by atoms with Crippen LogP contribution in [0.2, 0.25) is 12.1 Å². The highest BCUT2D eigenvalue weighted by atomic mass is 28.4. The third kappa shape index (κ3) is 8.55. The van der Waals surface area contributed by atoms with Crippen molar-refractivity contribution in [1.82, 2.24) is 5.32 Å². The molecule has 0 rings (SSSR count). The molecule has 20 heavy (non-hydrogen) atoms. The molecule has 0 aliphatic rings. The fourth-order valence-corrected chi connectivity index (χ4v) is 5.20. The van der Waals surface area contributed by atoms with E-state index in [2.05, 4.69) is 17.0 Å². The topological polar surface area (TPSA) is 56.8 Å². The molecule has 0 aliphatic heterocycles. The summed E-state index contributed by atoms with van der Waals surface area (Å²) in [4.78, 5) is 10.9. The number of amides is 1. The number of carbonyl (C=O) groups excluding carboxylic acids is 1. The van der Waals surface area contributed by atoms with E-state index in [1.54, 1.807) is 0 Å². The summed E-state index contributed by atoms with van der Waals surface area (Å²) in [7, 11) is -0.571. The Morgan fingerprint density at radius 2 is 1.60 bits per heavy atom. The average Bonchev–Trinajstić information content (AvgIpc) is 2.46. The molecule has 1 amide bonds. The number of hydrogen-bond acceptors (Lipinski definition) is 4. The highest BCUT2D eigenvalue weighted by Gasteiger charge is 2.33. The van der Waals surface area contributed by atoms with Crippen molar-refractivity contribution in [3.63, 3.8) is 0 Å². The molecular formula is C14H31NO4Si. The maximum absolute atomic E-state index is 10.9. The van der Waals surface area contributed by atoms with E-state index >= 15 is 0 Å². The second-order valence-corrected chi connectivity index (χ2v) is 8.32. The Kier molecular flexibility index (Phi) is 11.8.